The Balaban J connectivity index is 1.56. The molecule has 0 bridgehead atoms. The predicted octanol–water partition coefficient (Wildman–Crippen LogP) is 5.23. The molecule has 1 aromatic heterocycles. The van der Waals surface area contributed by atoms with E-state index >= 15 is 0 Å². The Morgan fingerprint density at radius 1 is 1.21 bits per heavy atom. The number of nitrogens with zero attached hydrogens (tertiary/aromatic N) is 1. The number of rotatable bonds is 7. The maximum atomic E-state index is 12.5. The molecular formula is C22H24N2O3S. The van der Waals surface area contributed by atoms with E-state index in [0.717, 1.165) is 28.3 Å². The van der Waals surface area contributed by atoms with E-state index in [1.165, 1.54) is 17.3 Å². The Kier molecular flexibility index (Phi) is 6.41. The molecule has 146 valence electrons. The largest absolute Gasteiger partial charge is 0.497 e. The van der Waals surface area contributed by atoms with Crippen molar-refractivity contribution in [2.24, 2.45) is 0 Å². The summed E-state index contributed by atoms with van der Waals surface area (Å²) in [5, 5.41) is 2.79. The summed E-state index contributed by atoms with van der Waals surface area (Å²) in [4.78, 5) is 17.0. The first-order valence-corrected chi connectivity index (χ1v) is 10.1. The number of nitrogens with one attached hydrogen (secondary N) is 1. The van der Waals surface area contributed by atoms with Crippen molar-refractivity contribution in [2.75, 3.05) is 12.4 Å². The van der Waals surface area contributed by atoms with Crippen LogP contribution in [0.25, 0.3) is 11.5 Å². The number of amides is 1. The highest BCUT2D eigenvalue weighted by molar-refractivity contribution is 7.99. The van der Waals surface area contributed by atoms with Crippen molar-refractivity contribution >= 4 is 23.4 Å². The Morgan fingerprint density at radius 2 is 1.96 bits per heavy atom. The minimum absolute atomic E-state index is 0.0178. The quantitative estimate of drug-likeness (QED) is 0.593. The van der Waals surface area contributed by atoms with Crippen molar-refractivity contribution in [2.45, 2.75) is 31.8 Å². The fourth-order valence-electron chi connectivity index (χ4n) is 2.71. The van der Waals surface area contributed by atoms with E-state index in [-0.39, 0.29) is 11.2 Å². The van der Waals surface area contributed by atoms with Crippen LogP contribution in [0.4, 0.5) is 5.69 Å². The molecule has 3 aromatic rings. The van der Waals surface area contributed by atoms with Gasteiger partial charge in [-0.25, -0.2) is 4.98 Å². The number of hydrogen-bond donors (Lipinski definition) is 1. The van der Waals surface area contributed by atoms with Gasteiger partial charge < -0.3 is 14.5 Å². The lowest BCUT2D eigenvalue weighted by Gasteiger charge is -2.13. The van der Waals surface area contributed by atoms with Gasteiger partial charge in [0.1, 0.15) is 12.0 Å². The van der Waals surface area contributed by atoms with Gasteiger partial charge in [-0.1, -0.05) is 17.7 Å². The van der Waals surface area contributed by atoms with Crippen LogP contribution in [0.2, 0.25) is 0 Å². The number of thioether (sulfide) groups is 1. The second-order valence-corrected chi connectivity index (χ2v) is 7.96. The third kappa shape index (κ3) is 4.95. The highest BCUT2D eigenvalue weighted by Crippen LogP contribution is 2.25. The summed E-state index contributed by atoms with van der Waals surface area (Å²) in [7, 11) is 1.63. The van der Waals surface area contributed by atoms with Gasteiger partial charge in [0.05, 0.1) is 18.1 Å². The Bertz CT molecular complexity index is 951. The van der Waals surface area contributed by atoms with Crippen molar-refractivity contribution in [3.63, 3.8) is 0 Å². The van der Waals surface area contributed by atoms with Crippen LogP contribution in [-0.4, -0.2) is 23.3 Å². The zero-order chi connectivity index (χ0) is 20.1. The van der Waals surface area contributed by atoms with E-state index in [4.69, 9.17) is 9.15 Å². The molecule has 0 aliphatic heterocycles. The smallest absolute Gasteiger partial charge is 0.237 e. The van der Waals surface area contributed by atoms with E-state index in [1.54, 1.807) is 13.4 Å². The van der Waals surface area contributed by atoms with Crippen molar-refractivity contribution in [3.05, 3.63) is 65.5 Å². The van der Waals surface area contributed by atoms with E-state index < -0.39 is 0 Å². The van der Waals surface area contributed by atoms with E-state index in [2.05, 4.69) is 16.4 Å². The van der Waals surface area contributed by atoms with Crippen LogP contribution in [0.15, 0.2) is 53.1 Å². The van der Waals surface area contributed by atoms with Crippen LogP contribution >= 0.6 is 11.8 Å². The van der Waals surface area contributed by atoms with Crippen molar-refractivity contribution in [1.29, 1.82) is 0 Å². The van der Waals surface area contributed by atoms with Crippen LogP contribution in [0.1, 0.15) is 23.7 Å². The zero-order valence-electron chi connectivity index (χ0n) is 16.5. The molecule has 0 saturated carbocycles. The van der Waals surface area contributed by atoms with Crippen LogP contribution < -0.4 is 10.1 Å². The Labute approximate surface area is 169 Å². The fraction of sp³-hybridized carbons (Fsp3) is 0.273. The molecule has 1 atom stereocenters. The van der Waals surface area contributed by atoms with Gasteiger partial charge in [0.15, 0.2) is 0 Å². The average molecular weight is 397 g/mol. The molecule has 6 heteroatoms. The summed E-state index contributed by atoms with van der Waals surface area (Å²) in [5.74, 6) is 1.93. The number of aromatic nitrogens is 1. The summed E-state index contributed by atoms with van der Waals surface area (Å²) in [5.41, 5.74) is 4.79. The molecule has 0 fully saturated rings. The summed E-state index contributed by atoms with van der Waals surface area (Å²) in [6, 6.07) is 13.5. The lowest BCUT2D eigenvalue weighted by atomic mass is 10.1. The van der Waals surface area contributed by atoms with Gasteiger partial charge in [-0.05, 0) is 56.7 Å². The average Bonchev–Trinajstić information content (AvgIpc) is 3.17. The lowest BCUT2D eigenvalue weighted by molar-refractivity contribution is -0.115. The number of carbonyl (C=O) groups is 1. The molecule has 28 heavy (non-hydrogen) atoms. The molecule has 0 aliphatic carbocycles. The van der Waals surface area contributed by atoms with Crippen molar-refractivity contribution in [1.82, 2.24) is 4.98 Å². The first kappa shape index (κ1) is 20.0. The number of carbonyl (C=O) groups excluding carboxylic acids is 1. The third-order valence-electron chi connectivity index (χ3n) is 4.38. The molecule has 5 nitrogen and oxygen atoms in total. The number of hydrogen-bond acceptors (Lipinski definition) is 5. The van der Waals surface area contributed by atoms with Gasteiger partial charge in [-0.15, -0.1) is 11.8 Å². The van der Waals surface area contributed by atoms with E-state index in [0.29, 0.717) is 11.6 Å². The normalized spacial score (nSPS) is 11.9. The molecule has 1 unspecified atom stereocenters. The molecule has 0 spiro atoms. The number of methoxy groups -OCH3 is 1. The number of benzene rings is 2. The van der Waals surface area contributed by atoms with Crippen molar-refractivity contribution in [3.8, 4) is 17.2 Å². The molecule has 0 radical (unpaired) electrons. The summed E-state index contributed by atoms with van der Waals surface area (Å²) >= 11 is 1.53. The van der Waals surface area contributed by atoms with Gasteiger partial charge in [0, 0.05) is 17.0 Å². The van der Waals surface area contributed by atoms with Gasteiger partial charge in [-0.3, -0.25) is 4.79 Å². The summed E-state index contributed by atoms with van der Waals surface area (Å²) in [6.45, 7) is 5.93. The lowest BCUT2D eigenvalue weighted by Crippen LogP contribution is -2.23. The monoisotopic (exact) mass is 396 g/mol. The molecule has 1 heterocycles. The first-order valence-electron chi connectivity index (χ1n) is 9.05. The molecule has 1 N–H and O–H groups in total. The molecular weight excluding hydrogens is 372 g/mol. The highest BCUT2D eigenvalue weighted by atomic mass is 32.2. The molecule has 0 saturated heterocycles. The number of oxazole rings is 1. The molecule has 0 aliphatic rings. The maximum absolute atomic E-state index is 12.5. The topological polar surface area (TPSA) is 64.4 Å². The van der Waals surface area contributed by atoms with Crippen molar-refractivity contribution < 1.29 is 13.9 Å². The zero-order valence-corrected chi connectivity index (χ0v) is 17.3. The van der Waals surface area contributed by atoms with E-state index in [1.807, 2.05) is 57.2 Å². The minimum atomic E-state index is -0.207. The number of ether oxygens (including phenoxy) is 1. The Hall–Kier alpha value is -2.73. The van der Waals surface area contributed by atoms with Crippen LogP contribution in [0.5, 0.6) is 5.75 Å². The first-order chi connectivity index (χ1) is 13.5. The van der Waals surface area contributed by atoms with Gasteiger partial charge in [0.2, 0.25) is 11.8 Å². The van der Waals surface area contributed by atoms with Crippen LogP contribution in [-0.2, 0) is 10.5 Å². The highest BCUT2D eigenvalue weighted by Gasteiger charge is 2.16. The number of aryl methyl sites for hydroxylation is 2. The second kappa shape index (κ2) is 8.97. The predicted molar refractivity (Wildman–Crippen MR) is 114 cm³/mol. The van der Waals surface area contributed by atoms with Gasteiger partial charge in [0.25, 0.3) is 0 Å². The van der Waals surface area contributed by atoms with Gasteiger partial charge in [-0.2, -0.15) is 0 Å². The maximum Gasteiger partial charge on any atom is 0.237 e. The van der Waals surface area contributed by atoms with E-state index in [9.17, 15) is 4.79 Å². The summed E-state index contributed by atoms with van der Waals surface area (Å²) in [6.07, 6.45) is 1.64. The Morgan fingerprint density at radius 3 is 2.64 bits per heavy atom. The van der Waals surface area contributed by atoms with Crippen LogP contribution in [0, 0.1) is 13.8 Å². The molecule has 2 aromatic carbocycles. The standard InChI is InChI=1S/C22H24N2O3S/c1-14-5-10-20(15(2)11-14)24-21(25)16(3)28-13-18-12-27-22(23-18)17-6-8-19(26-4)9-7-17/h5-12,16H,13H2,1-4H3,(H,24,25). The molecule has 3 rings (SSSR count). The number of anilines is 1. The van der Waals surface area contributed by atoms with Gasteiger partial charge >= 0.3 is 0 Å². The fourth-order valence-corrected chi connectivity index (χ4v) is 3.48. The SMILES string of the molecule is COc1ccc(-c2nc(CSC(C)C(=O)Nc3ccc(C)cc3C)co2)cc1. The second-order valence-electron chi connectivity index (χ2n) is 6.63. The van der Waals surface area contributed by atoms with Crippen LogP contribution in [0.3, 0.4) is 0 Å². The molecule has 1 amide bonds. The minimum Gasteiger partial charge on any atom is -0.497 e. The third-order valence-corrected chi connectivity index (χ3v) is 5.56. The summed E-state index contributed by atoms with van der Waals surface area (Å²) < 4.78 is 10.7.